The first-order chi connectivity index (χ1) is 11.9. The predicted octanol–water partition coefficient (Wildman–Crippen LogP) is 2.04. The summed E-state index contributed by atoms with van der Waals surface area (Å²) >= 11 is 5.79. The van der Waals surface area contributed by atoms with Crippen LogP contribution in [-0.4, -0.2) is 35.1 Å². The molecule has 1 aliphatic rings. The summed E-state index contributed by atoms with van der Waals surface area (Å²) < 4.78 is 0. The van der Waals surface area contributed by atoms with Crippen molar-refractivity contribution in [3.05, 3.63) is 34.9 Å². The Balaban J connectivity index is 1.74. The lowest BCUT2D eigenvalue weighted by Crippen LogP contribution is -2.51. The number of nitrogens with one attached hydrogen (secondary N) is 3. The highest BCUT2D eigenvalue weighted by atomic mass is 35.5. The molecule has 0 saturated heterocycles. The molecule has 4 N–H and O–H groups in total. The average molecular weight is 368 g/mol. The molecule has 1 saturated carbocycles. The van der Waals surface area contributed by atoms with E-state index in [0.717, 1.165) is 18.4 Å². The number of carboxylic acid groups (broad SMARTS) is 1. The third-order valence-corrected chi connectivity index (χ3v) is 4.48. The Hall–Kier alpha value is -2.28. The van der Waals surface area contributed by atoms with E-state index in [-0.39, 0.29) is 18.9 Å². The monoisotopic (exact) mass is 367 g/mol. The molecule has 0 heterocycles. The van der Waals surface area contributed by atoms with Crippen LogP contribution in [-0.2, 0) is 16.1 Å². The molecule has 25 heavy (non-hydrogen) atoms. The summed E-state index contributed by atoms with van der Waals surface area (Å²) in [5.74, 6) is -1.32. The number of urea groups is 1. The molecule has 1 aromatic carbocycles. The standard InChI is InChI=1S/C17H22ClN3O4/c18-13-5-3-12(4-6-13)10-19-16(25)20-11-14(22)21-17(9-15(23)24)7-1-2-8-17/h3-6H,1-2,7-11H2,(H,21,22)(H,23,24)(H2,19,20,25). The number of carbonyl (C=O) groups is 3. The number of aliphatic carboxylic acids is 1. The van der Waals surface area contributed by atoms with Crippen molar-refractivity contribution in [2.75, 3.05) is 6.54 Å². The van der Waals surface area contributed by atoms with Crippen LogP contribution < -0.4 is 16.0 Å². The van der Waals surface area contributed by atoms with E-state index in [4.69, 9.17) is 16.7 Å². The Kier molecular flexibility index (Phi) is 6.64. The highest BCUT2D eigenvalue weighted by Crippen LogP contribution is 2.32. The van der Waals surface area contributed by atoms with Gasteiger partial charge in [-0.25, -0.2) is 4.79 Å². The van der Waals surface area contributed by atoms with E-state index in [0.29, 0.717) is 24.4 Å². The van der Waals surface area contributed by atoms with E-state index < -0.39 is 17.5 Å². The van der Waals surface area contributed by atoms with Crippen LogP contribution in [0.3, 0.4) is 0 Å². The minimum Gasteiger partial charge on any atom is -0.481 e. The van der Waals surface area contributed by atoms with E-state index in [9.17, 15) is 14.4 Å². The van der Waals surface area contributed by atoms with Crippen LogP contribution >= 0.6 is 11.6 Å². The molecule has 0 unspecified atom stereocenters. The molecule has 1 aliphatic carbocycles. The Labute approximate surface area is 151 Å². The average Bonchev–Trinajstić information content (AvgIpc) is 2.99. The Morgan fingerprint density at radius 2 is 1.72 bits per heavy atom. The van der Waals surface area contributed by atoms with Crippen molar-refractivity contribution < 1.29 is 19.5 Å². The Bertz CT molecular complexity index is 627. The molecule has 7 nitrogen and oxygen atoms in total. The largest absolute Gasteiger partial charge is 0.481 e. The Morgan fingerprint density at radius 3 is 2.32 bits per heavy atom. The lowest BCUT2D eigenvalue weighted by molar-refractivity contribution is -0.139. The molecule has 0 aromatic heterocycles. The molecule has 3 amide bonds. The maximum Gasteiger partial charge on any atom is 0.315 e. The highest BCUT2D eigenvalue weighted by molar-refractivity contribution is 6.30. The number of hydrogen-bond acceptors (Lipinski definition) is 3. The number of halogens is 1. The fourth-order valence-electron chi connectivity index (χ4n) is 3.03. The van der Waals surface area contributed by atoms with E-state index in [1.54, 1.807) is 24.3 Å². The predicted molar refractivity (Wildman–Crippen MR) is 93.3 cm³/mol. The van der Waals surface area contributed by atoms with Crippen LogP contribution in [0.25, 0.3) is 0 Å². The zero-order chi connectivity index (χ0) is 18.3. The van der Waals surface area contributed by atoms with Gasteiger partial charge >= 0.3 is 12.0 Å². The summed E-state index contributed by atoms with van der Waals surface area (Å²) in [6, 6.07) is 6.58. The second kappa shape index (κ2) is 8.71. The topological polar surface area (TPSA) is 108 Å². The van der Waals surface area contributed by atoms with Gasteiger partial charge in [0.2, 0.25) is 5.91 Å². The highest BCUT2D eigenvalue weighted by Gasteiger charge is 2.37. The number of benzene rings is 1. The number of carbonyl (C=O) groups excluding carboxylic acids is 2. The minimum absolute atomic E-state index is 0.0957. The summed E-state index contributed by atoms with van der Waals surface area (Å²) in [5, 5.41) is 17.5. The van der Waals surface area contributed by atoms with Gasteiger partial charge in [-0.2, -0.15) is 0 Å². The molecule has 136 valence electrons. The zero-order valence-electron chi connectivity index (χ0n) is 13.8. The van der Waals surface area contributed by atoms with Crippen molar-refractivity contribution in [2.24, 2.45) is 0 Å². The van der Waals surface area contributed by atoms with Crippen LogP contribution in [0.1, 0.15) is 37.7 Å². The normalized spacial score (nSPS) is 15.4. The van der Waals surface area contributed by atoms with Crippen LogP contribution in [0, 0.1) is 0 Å². The first-order valence-corrected chi connectivity index (χ1v) is 8.55. The number of rotatable bonds is 7. The first kappa shape index (κ1) is 19.1. The molecule has 0 radical (unpaired) electrons. The second-order valence-electron chi connectivity index (χ2n) is 6.27. The Morgan fingerprint density at radius 1 is 1.08 bits per heavy atom. The van der Waals surface area contributed by atoms with Crippen molar-refractivity contribution in [1.29, 1.82) is 0 Å². The number of amides is 3. The lowest BCUT2D eigenvalue weighted by Gasteiger charge is -2.28. The minimum atomic E-state index is -0.934. The smallest absolute Gasteiger partial charge is 0.315 e. The fraction of sp³-hybridized carbons (Fsp3) is 0.471. The van der Waals surface area contributed by atoms with Gasteiger partial charge in [0, 0.05) is 11.6 Å². The van der Waals surface area contributed by atoms with Crippen LogP contribution in [0.5, 0.6) is 0 Å². The second-order valence-corrected chi connectivity index (χ2v) is 6.71. The van der Waals surface area contributed by atoms with Gasteiger partial charge in [-0.05, 0) is 30.5 Å². The maximum absolute atomic E-state index is 12.0. The SMILES string of the molecule is O=C(O)CC1(NC(=O)CNC(=O)NCc2ccc(Cl)cc2)CCCC1. The van der Waals surface area contributed by atoms with Crippen molar-refractivity contribution in [3.8, 4) is 0 Å². The molecule has 0 spiro atoms. The quantitative estimate of drug-likeness (QED) is 0.591. The van der Waals surface area contributed by atoms with Gasteiger partial charge in [-0.1, -0.05) is 36.6 Å². The van der Waals surface area contributed by atoms with Gasteiger partial charge in [0.1, 0.15) is 0 Å². The van der Waals surface area contributed by atoms with E-state index in [1.165, 1.54) is 0 Å². The fourth-order valence-corrected chi connectivity index (χ4v) is 3.16. The van der Waals surface area contributed by atoms with Gasteiger partial charge in [0.05, 0.1) is 18.5 Å². The maximum atomic E-state index is 12.0. The number of carboxylic acids is 1. The van der Waals surface area contributed by atoms with Crippen molar-refractivity contribution in [1.82, 2.24) is 16.0 Å². The van der Waals surface area contributed by atoms with Gasteiger partial charge < -0.3 is 21.1 Å². The van der Waals surface area contributed by atoms with Crippen LogP contribution in [0.2, 0.25) is 5.02 Å². The van der Waals surface area contributed by atoms with Gasteiger partial charge in [0.15, 0.2) is 0 Å². The van der Waals surface area contributed by atoms with Crippen LogP contribution in [0.4, 0.5) is 4.79 Å². The van der Waals surface area contributed by atoms with Crippen LogP contribution in [0.15, 0.2) is 24.3 Å². The molecule has 0 aliphatic heterocycles. The molecular formula is C17H22ClN3O4. The summed E-state index contributed by atoms with van der Waals surface area (Å²) in [7, 11) is 0. The van der Waals surface area contributed by atoms with Gasteiger partial charge in [-0.3, -0.25) is 9.59 Å². The molecule has 0 bridgehead atoms. The summed E-state index contributed by atoms with van der Waals surface area (Å²) in [6.45, 7) is 0.112. The van der Waals surface area contributed by atoms with Gasteiger partial charge in [0.25, 0.3) is 0 Å². The summed E-state index contributed by atoms with van der Waals surface area (Å²) in [5.41, 5.74) is 0.195. The molecule has 2 rings (SSSR count). The molecule has 1 fully saturated rings. The third-order valence-electron chi connectivity index (χ3n) is 4.23. The van der Waals surface area contributed by atoms with E-state index >= 15 is 0 Å². The first-order valence-electron chi connectivity index (χ1n) is 8.17. The zero-order valence-corrected chi connectivity index (χ0v) is 14.6. The molecule has 0 atom stereocenters. The molecular weight excluding hydrogens is 346 g/mol. The van der Waals surface area contributed by atoms with E-state index in [1.807, 2.05) is 0 Å². The number of hydrogen-bond donors (Lipinski definition) is 4. The van der Waals surface area contributed by atoms with Crippen molar-refractivity contribution in [3.63, 3.8) is 0 Å². The third kappa shape index (κ3) is 6.26. The molecule has 1 aromatic rings. The van der Waals surface area contributed by atoms with E-state index in [2.05, 4.69) is 16.0 Å². The van der Waals surface area contributed by atoms with Crippen molar-refractivity contribution in [2.45, 2.75) is 44.2 Å². The summed E-state index contributed by atoms with van der Waals surface area (Å²) in [4.78, 5) is 34.8. The summed E-state index contributed by atoms with van der Waals surface area (Å²) in [6.07, 6.45) is 2.98. The van der Waals surface area contributed by atoms with Crippen molar-refractivity contribution >= 4 is 29.5 Å². The lowest BCUT2D eigenvalue weighted by atomic mass is 9.93. The van der Waals surface area contributed by atoms with Gasteiger partial charge in [-0.15, -0.1) is 0 Å². The molecule has 8 heteroatoms.